The van der Waals surface area contributed by atoms with Crippen molar-refractivity contribution < 1.29 is 9.59 Å². The Morgan fingerprint density at radius 1 is 1.04 bits per heavy atom. The van der Waals surface area contributed by atoms with Gasteiger partial charge in [0.25, 0.3) is 11.8 Å². The predicted octanol–water partition coefficient (Wildman–Crippen LogP) is 3.79. The lowest BCUT2D eigenvalue weighted by molar-refractivity contribution is 0.0846. The summed E-state index contributed by atoms with van der Waals surface area (Å²) in [5, 5.41) is 0.312. The average molecular weight is 384 g/mol. The van der Waals surface area contributed by atoms with Crippen LogP contribution < -0.4 is 10.9 Å². The Morgan fingerprint density at radius 2 is 1.79 bits per heavy atom. The van der Waals surface area contributed by atoms with Gasteiger partial charge in [0.2, 0.25) is 0 Å². The number of carbonyl (C=O) groups excluding carboxylic acids is 2. The lowest BCUT2D eigenvalue weighted by Crippen LogP contribution is -2.41. The van der Waals surface area contributed by atoms with Gasteiger partial charge in [0.15, 0.2) is 0 Å². The van der Waals surface area contributed by atoms with Crippen LogP contribution in [0.15, 0.2) is 18.2 Å². The van der Waals surface area contributed by atoms with E-state index < -0.39 is 5.91 Å². The van der Waals surface area contributed by atoms with Gasteiger partial charge in [-0.15, -0.1) is 11.3 Å². The predicted molar refractivity (Wildman–Crippen MR) is 94.8 cm³/mol. The van der Waals surface area contributed by atoms with Crippen molar-refractivity contribution in [2.75, 3.05) is 0 Å². The van der Waals surface area contributed by atoms with E-state index in [4.69, 9.17) is 23.2 Å². The molecule has 0 aromatic carbocycles. The van der Waals surface area contributed by atoms with Crippen LogP contribution in [0.3, 0.4) is 0 Å². The zero-order valence-corrected chi connectivity index (χ0v) is 15.0. The highest BCUT2D eigenvalue weighted by Gasteiger charge is 2.18. The van der Waals surface area contributed by atoms with Gasteiger partial charge >= 0.3 is 0 Å². The van der Waals surface area contributed by atoms with Crippen molar-refractivity contribution in [1.82, 2.24) is 15.8 Å². The highest BCUT2D eigenvalue weighted by atomic mass is 35.5. The van der Waals surface area contributed by atoms with Gasteiger partial charge in [-0.2, -0.15) is 0 Å². The second-order valence-electron chi connectivity index (χ2n) is 5.49. The highest BCUT2D eigenvalue weighted by molar-refractivity contribution is 7.14. The van der Waals surface area contributed by atoms with Crippen molar-refractivity contribution in [3.8, 4) is 0 Å². The molecule has 2 amide bonds. The summed E-state index contributed by atoms with van der Waals surface area (Å²) >= 11 is 13.2. The Hall–Kier alpha value is -1.63. The number of carbonyl (C=O) groups is 2. The fourth-order valence-electron chi connectivity index (χ4n) is 2.59. The number of nitrogens with one attached hydrogen (secondary N) is 2. The van der Waals surface area contributed by atoms with Crippen molar-refractivity contribution in [1.29, 1.82) is 0 Å². The first-order valence-corrected chi connectivity index (χ1v) is 9.16. The number of hydrogen-bond acceptors (Lipinski definition) is 4. The van der Waals surface area contributed by atoms with Crippen LogP contribution in [0.5, 0.6) is 0 Å². The van der Waals surface area contributed by atoms with Crippen LogP contribution >= 0.6 is 34.5 Å². The zero-order valence-electron chi connectivity index (χ0n) is 12.7. The number of nitrogens with zero attached hydrogens (tertiary/aromatic N) is 1. The third-order valence-electron chi connectivity index (χ3n) is 3.79. The third-order valence-corrected chi connectivity index (χ3v) is 5.54. The Labute approximate surface area is 153 Å². The molecule has 5 nitrogen and oxygen atoms in total. The van der Waals surface area contributed by atoms with Crippen LogP contribution in [0.4, 0.5) is 0 Å². The molecule has 2 N–H and O–H groups in total. The van der Waals surface area contributed by atoms with Crippen molar-refractivity contribution in [3.63, 3.8) is 0 Å². The Morgan fingerprint density at radius 3 is 2.62 bits per heavy atom. The van der Waals surface area contributed by atoms with Crippen LogP contribution in [-0.2, 0) is 12.8 Å². The van der Waals surface area contributed by atoms with E-state index in [1.165, 1.54) is 40.3 Å². The molecule has 0 bridgehead atoms. The summed E-state index contributed by atoms with van der Waals surface area (Å²) < 4.78 is 0. The molecule has 0 radical (unpaired) electrons. The van der Waals surface area contributed by atoms with Crippen molar-refractivity contribution in [3.05, 3.63) is 49.4 Å². The lowest BCUT2D eigenvalue weighted by Gasteiger charge is -2.07. The molecule has 0 unspecified atom stereocenters. The molecule has 0 spiro atoms. The van der Waals surface area contributed by atoms with Gasteiger partial charge in [-0.25, -0.2) is 4.98 Å². The molecule has 0 saturated heterocycles. The molecule has 0 atom stereocenters. The Kier molecular flexibility index (Phi) is 5.38. The quantitative estimate of drug-likeness (QED) is 0.470. The van der Waals surface area contributed by atoms with Gasteiger partial charge < -0.3 is 0 Å². The van der Waals surface area contributed by atoms with Crippen LogP contribution in [0.1, 0.15) is 49.9 Å². The maximum Gasteiger partial charge on any atom is 0.289 e. The van der Waals surface area contributed by atoms with Gasteiger partial charge in [-0.3, -0.25) is 20.4 Å². The molecular formula is C16H15Cl2N3O2S. The van der Waals surface area contributed by atoms with E-state index in [-0.39, 0.29) is 21.8 Å². The second-order valence-corrected chi connectivity index (χ2v) is 7.42. The maximum atomic E-state index is 12.2. The number of aromatic nitrogens is 1. The van der Waals surface area contributed by atoms with Gasteiger partial charge in [-0.1, -0.05) is 29.6 Å². The number of pyridine rings is 1. The van der Waals surface area contributed by atoms with E-state index in [0.717, 1.165) is 25.7 Å². The summed E-state index contributed by atoms with van der Waals surface area (Å²) in [7, 11) is 0. The number of hydrogen-bond donors (Lipinski definition) is 2. The summed E-state index contributed by atoms with van der Waals surface area (Å²) in [6.07, 6.45) is 5.56. The first kappa shape index (κ1) is 17.2. The molecule has 0 fully saturated rings. The fraction of sp³-hybridized carbons (Fsp3) is 0.312. The minimum atomic E-state index is -0.617. The largest absolute Gasteiger partial charge is 0.289 e. The summed E-state index contributed by atoms with van der Waals surface area (Å²) in [5.74, 6) is -0.964. The molecule has 0 aliphatic heterocycles. The Balaban J connectivity index is 1.65. The first-order chi connectivity index (χ1) is 11.5. The maximum absolute atomic E-state index is 12.2. The van der Waals surface area contributed by atoms with E-state index in [1.54, 1.807) is 0 Å². The van der Waals surface area contributed by atoms with Crippen LogP contribution in [-0.4, -0.2) is 16.8 Å². The monoisotopic (exact) mass is 383 g/mol. The van der Waals surface area contributed by atoms with Crippen LogP contribution in [0.25, 0.3) is 0 Å². The number of hydrazine groups is 1. The molecule has 1 aliphatic carbocycles. The van der Waals surface area contributed by atoms with Gasteiger partial charge in [0, 0.05) is 4.88 Å². The standard InChI is InChI=1S/C16H15Cl2N3O2S/c17-10-6-7-13(18)19-14(10)16(23)21-20-15(22)12-8-9-4-2-1-3-5-11(9)24-12/h6-8H,1-5H2,(H,20,22)(H,21,23). The fourth-order valence-corrected chi connectivity index (χ4v) is 4.08. The van der Waals surface area contributed by atoms with E-state index in [0.29, 0.717) is 4.88 Å². The number of fused-ring (bicyclic) bond motifs is 1. The van der Waals surface area contributed by atoms with Crippen molar-refractivity contribution in [2.24, 2.45) is 0 Å². The minimum Gasteiger partial charge on any atom is -0.266 e. The SMILES string of the molecule is O=C(NNC(=O)c1nc(Cl)ccc1Cl)c1cc2c(s1)CCCCC2. The van der Waals surface area contributed by atoms with Crippen LogP contribution in [0.2, 0.25) is 10.2 Å². The van der Waals surface area contributed by atoms with Gasteiger partial charge in [-0.05, 0) is 49.4 Å². The topological polar surface area (TPSA) is 71.1 Å². The molecule has 2 aromatic rings. The average Bonchev–Trinajstić information content (AvgIpc) is 2.85. The molecule has 126 valence electrons. The number of amides is 2. The molecule has 24 heavy (non-hydrogen) atoms. The highest BCUT2D eigenvalue weighted by Crippen LogP contribution is 2.28. The molecular weight excluding hydrogens is 369 g/mol. The molecule has 3 rings (SSSR count). The van der Waals surface area contributed by atoms with Crippen molar-refractivity contribution >= 4 is 46.4 Å². The number of rotatable bonds is 2. The smallest absolute Gasteiger partial charge is 0.266 e. The zero-order chi connectivity index (χ0) is 17.1. The summed E-state index contributed by atoms with van der Waals surface area (Å²) in [4.78, 5) is 30.0. The van der Waals surface area contributed by atoms with E-state index in [1.807, 2.05) is 6.07 Å². The molecule has 2 heterocycles. The third kappa shape index (κ3) is 3.88. The minimum absolute atomic E-state index is 0.0357. The Bertz CT molecular complexity index is 768. The molecule has 0 saturated carbocycles. The van der Waals surface area contributed by atoms with Gasteiger partial charge in [0.1, 0.15) is 10.8 Å². The summed E-state index contributed by atoms with van der Waals surface area (Å²) in [6, 6.07) is 4.87. The number of aryl methyl sites for hydroxylation is 2. The van der Waals surface area contributed by atoms with E-state index in [9.17, 15) is 9.59 Å². The van der Waals surface area contributed by atoms with Crippen molar-refractivity contribution in [2.45, 2.75) is 32.1 Å². The molecule has 2 aromatic heterocycles. The molecule has 8 heteroatoms. The normalized spacial score (nSPS) is 13.8. The molecule has 1 aliphatic rings. The van der Waals surface area contributed by atoms with E-state index >= 15 is 0 Å². The van der Waals surface area contributed by atoms with Crippen LogP contribution in [0, 0.1) is 0 Å². The van der Waals surface area contributed by atoms with E-state index in [2.05, 4.69) is 15.8 Å². The van der Waals surface area contributed by atoms with Gasteiger partial charge in [0.05, 0.1) is 9.90 Å². The number of halogens is 2. The second kappa shape index (κ2) is 7.51. The summed E-state index contributed by atoms with van der Waals surface area (Å²) in [6.45, 7) is 0. The lowest BCUT2D eigenvalue weighted by atomic mass is 10.1. The number of thiophene rings is 1. The summed E-state index contributed by atoms with van der Waals surface area (Å²) in [5.41, 5.74) is 5.93. The first-order valence-electron chi connectivity index (χ1n) is 7.59.